The maximum Gasteiger partial charge on any atom is 0.0176 e. The molecule has 0 saturated heterocycles. The molecule has 2 aliphatic carbocycles. The minimum atomic E-state index is 0.890. The van der Waals surface area contributed by atoms with Crippen LogP contribution in [0.15, 0.2) is 0 Å². The zero-order valence-electron chi connectivity index (χ0n) is 4.94. The molecule has 0 unspecified atom stereocenters. The molecule has 46 valence electrons. The maximum atomic E-state index is 3.70. The van der Waals surface area contributed by atoms with Crippen LogP contribution in [-0.2, 0) is 0 Å². The van der Waals surface area contributed by atoms with Gasteiger partial charge < -0.3 is 0 Å². The van der Waals surface area contributed by atoms with Gasteiger partial charge in [0, 0.05) is 4.83 Å². The zero-order valence-corrected chi connectivity index (χ0v) is 6.52. The molecule has 3 atom stereocenters. The van der Waals surface area contributed by atoms with Crippen LogP contribution in [0.1, 0.15) is 25.7 Å². The van der Waals surface area contributed by atoms with Gasteiger partial charge in [-0.05, 0) is 31.1 Å². The summed E-state index contributed by atoms with van der Waals surface area (Å²) in [7, 11) is 0. The molecular formula is C7H11Br. The number of fused-ring (bicyclic) bond motifs is 2. The SMILES string of the molecule is Br[C@@H]1C[C@H]2CC[C@H]1C2. The van der Waals surface area contributed by atoms with Gasteiger partial charge in [-0.2, -0.15) is 0 Å². The molecule has 0 aliphatic heterocycles. The van der Waals surface area contributed by atoms with E-state index in [4.69, 9.17) is 0 Å². The standard InChI is InChI=1S/C7H11Br/c8-7-4-5-1-2-6(7)3-5/h5-7H,1-4H2/t5-,6-,7+/m0/s1. The van der Waals surface area contributed by atoms with E-state index < -0.39 is 0 Å². The van der Waals surface area contributed by atoms with Crippen molar-refractivity contribution in [2.45, 2.75) is 30.5 Å². The summed E-state index contributed by atoms with van der Waals surface area (Å²) >= 11 is 3.70. The van der Waals surface area contributed by atoms with E-state index in [-0.39, 0.29) is 0 Å². The summed E-state index contributed by atoms with van der Waals surface area (Å²) in [4.78, 5) is 0.890. The topological polar surface area (TPSA) is 0 Å². The summed E-state index contributed by atoms with van der Waals surface area (Å²) in [5.41, 5.74) is 0. The Balaban J connectivity index is 2.11. The molecule has 0 spiro atoms. The highest BCUT2D eigenvalue weighted by atomic mass is 79.9. The lowest BCUT2D eigenvalue weighted by molar-refractivity contribution is 0.497. The normalized spacial score (nSPS) is 52.9. The van der Waals surface area contributed by atoms with E-state index in [1.54, 1.807) is 0 Å². The Morgan fingerprint density at radius 2 is 2.00 bits per heavy atom. The van der Waals surface area contributed by atoms with Gasteiger partial charge in [0.2, 0.25) is 0 Å². The summed E-state index contributed by atoms with van der Waals surface area (Å²) in [6.45, 7) is 0. The Hall–Kier alpha value is 0.480. The van der Waals surface area contributed by atoms with Crippen molar-refractivity contribution in [3.8, 4) is 0 Å². The fourth-order valence-electron chi connectivity index (χ4n) is 2.17. The number of hydrogen-bond donors (Lipinski definition) is 0. The van der Waals surface area contributed by atoms with Gasteiger partial charge >= 0.3 is 0 Å². The van der Waals surface area contributed by atoms with E-state index in [2.05, 4.69) is 15.9 Å². The molecule has 0 N–H and O–H groups in total. The zero-order chi connectivity index (χ0) is 5.56. The molecule has 0 aromatic carbocycles. The van der Waals surface area contributed by atoms with Crippen LogP contribution in [0.3, 0.4) is 0 Å². The molecule has 0 aromatic rings. The highest BCUT2D eigenvalue weighted by Gasteiger charge is 2.37. The van der Waals surface area contributed by atoms with Crippen molar-refractivity contribution in [3.63, 3.8) is 0 Å². The van der Waals surface area contributed by atoms with Crippen LogP contribution in [0.2, 0.25) is 0 Å². The minimum absolute atomic E-state index is 0.890. The van der Waals surface area contributed by atoms with E-state index in [1.165, 1.54) is 25.7 Å². The number of hydrogen-bond acceptors (Lipinski definition) is 0. The van der Waals surface area contributed by atoms with Gasteiger partial charge in [-0.3, -0.25) is 0 Å². The summed E-state index contributed by atoms with van der Waals surface area (Å²) in [5.74, 6) is 2.16. The molecule has 0 heterocycles. The van der Waals surface area contributed by atoms with Crippen LogP contribution >= 0.6 is 15.9 Å². The third-order valence-electron chi connectivity index (χ3n) is 2.65. The Morgan fingerprint density at radius 1 is 1.12 bits per heavy atom. The molecule has 0 amide bonds. The van der Waals surface area contributed by atoms with Crippen LogP contribution in [0.25, 0.3) is 0 Å². The van der Waals surface area contributed by atoms with E-state index in [1.807, 2.05) is 0 Å². The fraction of sp³-hybridized carbons (Fsp3) is 1.00. The largest absolute Gasteiger partial charge is 0.0888 e. The van der Waals surface area contributed by atoms with Crippen molar-refractivity contribution in [1.82, 2.24) is 0 Å². The first kappa shape index (κ1) is 5.28. The lowest BCUT2D eigenvalue weighted by Gasteiger charge is -2.13. The van der Waals surface area contributed by atoms with Crippen molar-refractivity contribution in [2.75, 3.05) is 0 Å². The highest BCUT2D eigenvalue weighted by Crippen LogP contribution is 2.47. The Bertz CT molecular complexity index is 98.6. The maximum absolute atomic E-state index is 3.70. The average Bonchev–Trinajstić information content (AvgIpc) is 2.23. The van der Waals surface area contributed by atoms with Gasteiger partial charge in [0.05, 0.1) is 0 Å². The lowest BCUT2D eigenvalue weighted by atomic mass is 10.0. The molecule has 8 heavy (non-hydrogen) atoms. The number of alkyl halides is 1. The molecule has 1 heteroatoms. The molecule has 0 nitrogen and oxygen atoms in total. The second-order valence-corrected chi connectivity index (χ2v) is 4.37. The molecule has 2 saturated carbocycles. The molecular weight excluding hydrogens is 164 g/mol. The molecule has 2 aliphatic rings. The van der Waals surface area contributed by atoms with Crippen molar-refractivity contribution in [1.29, 1.82) is 0 Å². The first-order valence-corrected chi connectivity index (χ1v) is 4.42. The summed E-state index contributed by atoms with van der Waals surface area (Å²) in [6, 6.07) is 0. The minimum Gasteiger partial charge on any atom is -0.0888 e. The van der Waals surface area contributed by atoms with E-state index in [0.29, 0.717) is 0 Å². The average molecular weight is 175 g/mol. The van der Waals surface area contributed by atoms with Crippen LogP contribution in [0.5, 0.6) is 0 Å². The van der Waals surface area contributed by atoms with Crippen LogP contribution in [-0.4, -0.2) is 4.83 Å². The van der Waals surface area contributed by atoms with Gasteiger partial charge in [-0.15, -0.1) is 0 Å². The van der Waals surface area contributed by atoms with Crippen LogP contribution in [0, 0.1) is 11.8 Å². The quantitative estimate of drug-likeness (QED) is 0.496. The van der Waals surface area contributed by atoms with E-state index in [9.17, 15) is 0 Å². The van der Waals surface area contributed by atoms with Crippen LogP contribution in [0.4, 0.5) is 0 Å². The van der Waals surface area contributed by atoms with Crippen molar-refractivity contribution < 1.29 is 0 Å². The third-order valence-corrected chi connectivity index (χ3v) is 3.77. The molecule has 0 radical (unpaired) electrons. The van der Waals surface area contributed by atoms with Gasteiger partial charge in [0.1, 0.15) is 0 Å². The highest BCUT2D eigenvalue weighted by molar-refractivity contribution is 9.09. The molecule has 2 fully saturated rings. The van der Waals surface area contributed by atoms with E-state index in [0.717, 1.165) is 16.7 Å². The Kier molecular flexibility index (Phi) is 1.14. The van der Waals surface area contributed by atoms with Gasteiger partial charge in [-0.25, -0.2) is 0 Å². The number of halogens is 1. The van der Waals surface area contributed by atoms with Crippen molar-refractivity contribution in [2.24, 2.45) is 11.8 Å². The van der Waals surface area contributed by atoms with Gasteiger partial charge in [0.15, 0.2) is 0 Å². The second-order valence-electron chi connectivity index (χ2n) is 3.19. The second kappa shape index (κ2) is 1.73. The van der Waals surface area contributed by atoms with Crippen molar-refractivity contribution >= 4 is 15.9 Å². The van der Waals surface area contributed by atoms with Crippen LogP contribution < -0.4 is 0 Å². The van der Waals surface area contributed by atoms with E-state index >= 15 is 0 Å². The van der Waals surface area contributed by atoms with Gasteiger partial charge in [-0.1, -0.05) is 22.4 Å². The first-order valence-electron chi connectivity index (χ1n) is 3.50. The Labute approximate surface area is 58.8 Å². The lowest BCUT2D eigenvalue weighted by Crippen LogP contribution is -2.07. The molecule has 2 bridgehead atoms. The number of rotatable bonds is 0. The Morgan fingerprint density at radius 3 is 2.25 bits per heavy atom. The fourth-order valence-corrected chi connectivity index (χ4v) is 3.18. The molecule has 2 rings (SSSR count). The molecule has 0 aromatic heterocycles. The predicted molar refractivity (Wildman–Crippen MR) is 38.2 cm³/mol. The van der Waals surface area contributed by atoms with Crippen molar-refractivity contribution in [3.05, 3.63) is 0 Å². The van der Waals surface area contributed by atoms with Gasteiger partial charge in [0.25, 0.3) is 0 Å². The monoisotopic (exact) mass is 174 g/mol. The smallest absolute Gasteiger partial charge is 0.0176 e. The summed E-state index contributed by atoms with van der Waals surface area (Å²) in [6.07, 6.45) is 6.01. The summed E-state index contributed by atoms with van der Waals surface area (Å²) < 4.78 is 0. The first-order chi connectivity index (χ1) is 3.86. The summed E-state index contributed by atoms with van der Waals surface area (Å²) in [5, 5.41) is 0. The predicted octanol–water partition coefficient (Wildman–Crippen LogP) is 2.57. The third kappa shape index (κ3) is 0.637.